The van der Waals surface area contributed by atoms with Gasteiger partial charge in [-0.15, -0.1) is 6.58 Å². The molecule has 0 aromatic heterocycles. The van der Waals surface area contributed by atoms with Gasteiger partial charge in [-0.05, 0) is 12.5 Å². The lowest BCUT2D eigenvalue weighted by Crippen LogP contribution is -2.60. The van der Waals surface area contributed by atoms with Crippen LogP contribution in [-0.2, 0) is 20.6 Å². The summed E-state index contributed by atoms with van der Waals surface area (Å²) in [6.45, 7) is 2.29. The molecule has 12 nitrogen and oxygen atoms in total. The number of benzene rings is 1. The Bertz CT molecular complexity index is 849. The first kappa shape index (κ1) is 24.1. The van der Waals surface area contributed by atoms with Crippen molar-refractivity contribution in [3.05, 3.63) is 30.4 Å². The molecule has 0 spiro atoms. The highest BCUT2D eigenvalue weighted by Crippen LogP contribution is 2.39. The van der Waals surface area contributed by atoms with Crippen LogP contribution in [0.5, 0.6) is 17.2 Å². The van der Waals surface area contributed by atoms with Crippen molar-refractivity contribution in [3.8, 4) is 17.2 Å². The Balaban J connectivity index is 1.46. The maximum atomic E-state index is 10.4. The molecule has 6 N–H and O–H groups in total. The van der Waals surface area contributed by atoms with Crippen molar-refractivity contribution >= 4 is 0 Å². The fourth-order valence-electron chi connectivity index (χ4n) is 3.79. The van der Waals surface area contributed by atoms with Gasteiger partial charge in [-0.25, -0.2) is 0 Å². The number of aliphatic hydroxyl groups excluding tert-OH is 5. The Morgan fingerprint density at radius 3 is 2.45 bits per heavy atom. The molecule has 184 valence electrons. The Labute approximate surface area is 189 Å². The van der Waals surface area contributed by atoms with Crippen molar-refractivity contribution in [1.82, 2.24) is 0 Å². The van der Waals surface area contributed by atoms with E-state index in [9.17, 15) is 30.6 Å². The summed E-state index contributed by atoms with van der Waals surface area (Å²) in [4.78, 5) is 0. The van der Waals surface area contributed by atoms with Crippen molar-refractivity contribution in [2.75, 3.05) is 26.6 Å². The lowest BCUT2D eigenvalue weighted by Gasteiger charge is -2.40. The normalized spacial score (nSPS) is 37.8. The average molecular weight is 472 g/mol. The van der Waals surface area contributed by atoms with Gasteiger partial charge in [-0.2, -0.15) is 0 Å². The molecule has 33 heavy (non-hydrogen) atoms. The third kappa shape index (κ3) is 4.67. The first-order chi connectivity index (χ1) is 15.8. The molecule has 1 aromatic carbocycles. The number of allylic oxidation sites excluding steroid dienone is 1. The molecule has 3 aliphatic heterocycles. The minimum absolute atomic E-state index is 0.0552. The van der Waals surface area contributed by atoms with Gasteiger partial charge in [0.05, 0.1) is 19.8 Å². The fraction of sp³-hybridized carbons (Fsp3) is 0.619. The van der Waals surface area contributed by atoms with Gasteiger partial charge in [0.15, 0.2) is 17.8 Å². The van der Waals surface area contributed by atoms with Gasteiger partial charge >= 0.3 is 0 Å². The largest absolute Gasteiger partial charge is 0.462 e. The second-order valence-electron chi connectivity index (χ2n) is 8.16. The zero-order valence-electron chi connectivity index (χ0n) is 17.6. The van der Waals surface area contributed by atoms with Gasteiger partial charge in [-0.3, -0.25) is 0 Å². The van der Waals surface area contributed by atoms with Crippen LogP contribution >= 0.6 is 0 Å². The Hall–Kier alpha value is -2.00. The minimum Gasteiger partial charge on any atom is -0.462 e. The molecule has 2 saturated heterocycles. The van der Waals surface area contributed by atoms with Crippen LogP contribution in [0.15, 0.2) is 24.8 Å². The van der Waals surface area contributed by atoms with E-state index in [0.717, 1.165) is 0 Å². The minimum atomic E-state index is -1.88. The van der Waals surface area contributed by atoms with E-state index in [1.165, 1.54) is 0 Å². The Morgan fingerprint density at radius 2 is 1.79 bits per heavy atom. The number of hydrogen-bond acceptors (Lipinski definition) is 12. The van der Waals surface area contributed by atoms with Crippen molar-refractivity contribution in [1.29, 1.82) is 0 Å². The molecule has 0 amide bonds. The molecule has 1 aromatic rings. The zero-order valence-corrected chi connectivity index (χ0v) is 17.6. The van der Waals surface area contributed by atoms with Crippen LogP contribution in [0.2, 0.25) is 0 Å². The van der Waals surface area contributed by atoms with Crippen molar-refractivity contribution in [2.45, 2.75) is 55.1 Å². The lowest BCUT2D eigenvalue weighted by atomic mass is 9.99. The first-order valence-corrected chi connectivity index (χ1v) is 10.4. The molecule has 12 heteroatoms. The molecule has 0 radical (unpaired) electrons. The van der Waals surface area contributed by atoms with E-state index in [1.807, 2.05) is 0 Å². The van der Waals surface area contributed by atoms with E-state index in [2.05, 4.69) is 6.58 Å². The summed E-state index contributed by atoms with van der Waals surface area (Å²) in [5, 5.41) is 60.4. The molecular weight excluding hydrogens is 444 g/mol. The van der Waals surface area contributed by atoms with Crippen LogP contribution in [0.1, 0.15) is 5.56 Å². The molecule has 3 heterocycles. The number of hydrogen-bond donors (Lipinski definition) is 6. The van der Waals surface area contributed by atoms with E-state index >= 15 is 0 Å². The predicted octanol–water partition coefficient (Wildman–Crippen LogP) is -2.21. The molecule has 0 bridgehead atoms. The molecule has 0 unspecified atom stereocenters. The monoisotopic (exact) mass is 472 g/mol. The summed E-state index contributed by atoms with van der Waals surface area (Å²) in [7, 11) is 0. The fourth-order valence-corrected chi connectivity index (χ4v) is 3.79. The highest BCUT2D eigenvalue weighted by molar-refractivity contribution is 5.52. The van der Waals surface area contributed by atoms with E-state index in [1.54, 1.807) is 18.2 Å². The highest BCUT2D eigenvalue weighted by Gasteiger charge is 2.50. The third-order valence-corrected chi connectivity index (χ3v) is 5.84. The van der Waals surface area contributed by atoms with E-state index < -0.39 is 55.3 Å². The van der Waals surface area contributed by atoms with Gasteiger partial charge in [0, 0.05) is 11.6 Å². The topological polar surface area (TPSA) is 177 Å². The summed E-state index contributed by atoms with van der Waals surface area (Å²) in [6, 6.07) is 3.28. The molecule has 0 saturated carbocycles. The van der Waals surface area contributed by atoms with Gasteiger partial charge in [0.2, 0.25) is 13.1 Å². The smallest absolute Gasteiger partial charge is 0.231 e. The Morgan fingerprint density at radius 1 is 1.06 bits per heavy atom. The summed E-state index contributed by atoms with van der Waals surface area (Å²) in [5.74, 6) is 1.27. The molecule has 0 aliphatic carbocycles. The number of fused-ring (bicyclic) bond motifs is 1. The van der Waals surface area contributed by atoms with Gasteiger partial charge in [-0.1, -0.05) is 6.08 Å². The summed E-state index contributed by atoms with van der Waals surface area (Å²) in [6.07, 6.45) is -8.09. The van der Waals surface area contributed by atoms with Gasteiger partial charge < -0.3 is 59.1 Å². The molecule has 8 atom stereocenters. The van der Waals surface area contributed by atoms with Crippen molar-refractivity contribution in [3.63, 3.8) is 0 Å². The van der Waals surface area contributed by atoms with Crippen molar-refractivity contribution < 1.29 is 59.1 Å². The predicted molar refractivity (Wildman–Crippen MR) is 108 cm³/mol. The maximum absolute atomic E-state index is 10.4. The second kappa shape index (κ2) is 9.70. The SMILES string of the molecule is C=CCc1cc2c(cc1O[C@@H]1O[C@H](CO[C@@H]3OC[C@](O)(CO)[C@H]3O)[C@@H](O)[C@H](O)[C@H]1O)OCO2. The number of aliphatic hydroxyl groups is 6. The third-order valence-electron chi connectivity index (χ3n) is 5.84. The summed E-state index contributed by atoms with van der Waals surface area (Å²) >= 11 is 0. The lowest BCUT2D eigenvalue weighted by molar-refractivity contribution is -0.289. The average Bonchev–Trinajstić information content (AvgIpc) is 3.38. The number of rotatable bonds is 8. The van der Waals surface area contributed by atoms with Gasteiger partial charge in [0.25, 0.3) is 0 Å². The summed E-state index contributed by atoms with van der Waals surface area (Å²) in [5.41, 5.74) is -1.21. The van der Waals surface area contributed by atoms with Crippen LogP contribution in [0.4, 0.5) is 0 Å². The van der Waals surface area contributed by atoms with Crippen LogP contribution in [0, 0.1) is 0 Å². The van der Waals surface area contributed by atoms with Gasteiger partial charge in [0.1, 0.15) is 41.9 Å². The number of ether oxygens (including phenoxy) is 6. The van der Waals surface area contributed by atoms with E-state index in [-0.39, 0.29) is 20.0 Å². The molecule has 3 aliphatic rings. The van der Waals surface area contributed by atoms with E-state index in [4.69, 9.17) is 28.4 Å². The molecular formula is C21H28O12. The van der Waals surface area contributed by atoms with Crippen LogP contribution in [0.3, 0.4) is 0 Å². The second-order valence-corrected chi connectivity index (χ2v) is 8.16. The Kier molecular flexibility index (Phi) is 7.09. The molecule has 2 fully saturated rings. The first-order valence-electron chi connectivity index (χ1n) is 10.4. The van der Waals surface area contributed by atoms with Crippen LogP contribution in [-0.4, -0.2) is 106 Å². The quantitative estimate of drug-likeness (QED) is 0.225. The maximum Gasteiger partial charge on any atom is 0.231 e. The highest BCUT2D eigenvalue weighted by atomic mass is 16.7. The van der Waals surface area contributed by atoms with Crippen LogP contribution in [0.25, 0.3) is 0 Å². The molecule has 4 rings (SSSR count). The zero-order chi connectivity index (χ0) is 23.8. The summed E-state index contributed by atoms with van der Waals surface area (Å²) < 4.78 is 32.8. The van der Waals surface area contributed by atoms with Crippen LogP contribution < -0.4 is 14.2 Å². The van der Waals surface area contributed by atoms with E-state index in [0.29, 0.717) is 29.2 Å². The standard InChI is InChI=1S/C21H28O12/c1-2-3-10-4-12-13(31-9-30-12)5-11(10)32-19-17(25)16(24)15(23)14(33-19)6-28-20-18(26)21(27,7-22)8-29-20/h2,4-5,14-20,22-27H,1,3,6-9H2/t14-,15-,16+,17-,18+,19-,20-,21-/m1/s1. The van der Waals surface area contributed by atoms with Crippen molar-refractivity contribution in [2.24, 2.45) is 0 Å².